The van der Waals surface area contributed by atoms with Crippen LogP contribution in [0.1, 0.15) is 196 Å². The lowest BCUT2D eigenvalue weighted by atomic mass is 9.39. The molecule has 1 rings (SSSR count). The van der Waals surface area contributed by atoms with Crippen molar-refractivity contribution >= 4 is 20.9 Å². The zero-order chi connectivity index (χ0) is 30.7. The third kappa shape index (κ3) is 17.0. The molecule has 1 saturated heterocycles. The third-order valence-electron chi connectivity index (χ3n) is 10.1. The molecule has 1 aliphatic heterocycles. The lowest BCUT2D eigenvalue weighted by molar-refractivity contribution is 0.393. The van der Waals surface area contributed by atoms with Gasteiger partial charge in [-0.05, 0) is 57.9 Å². The maximum absolute atomic E-state index is 3.11. The van der Waals surface area contributed by atoms with Crippen LogP contribution in [0.2, 0.25) is 19.0 Å². The van der Waals surface area contributed by atoms with Crippen LogP contribution in [0.5, 0.6) is 0 Å². The highest BCUT2D eigenvalue weighted by molar-refractivity contribution is 6.86. The number of hydrogen-bond acceptors (Lipinski definition) is 3. The second-order valence-electron chi connectivity index (χ2n) is 13.9. The van der Waals surface area contributed by atoms with E-state index in [1.807, 2.05) is 0 Å². The number of hydrogen-bond donors (Lipinski definition) is 0. The molecule has 0 spiro atoms. The van der Waals surface area contributed by atoms with Crippen LogP contribution in [0.4, 0.5) is 0 Å². The molecule has 0 radical (unpaired) electrons. The summed E-state index contributed by atoms with van der Waals surface area (Å²) in [6.07, 6.45) is 37.5. The van der Waals surface area contributed by atoms with E-state index in [1.54, 1.807) is 0 Å². The summed E-state index contributed by atoms with van der Waals surface area (Å²) in [7, 11) is 0. The minimum Gasteiger partial charge on any atom is -0.357 e. The fourth-order valence-corrected chi connectivity index (χ4v) is 7.48. The molecule has 246 valence electrons. The first-order valence-corrected chi connectivity index (χ1v) is 20.0. The Labute approximate surface area is 268 Å². The highest BCUT2D eigenvalue weighted by Gasteiger charge is 2.50. The van der Waals surface area contributed by atoms with E-state index in [9.17, 15) is 0 Å². The van der Waals surface area contributed by atoms with Gasteiger partial charge in [0.05, 0.1) is 0 Å². The van der Waals surface area contributed by atoms with Gasteiger partial charge in [-0.2, -0.15) is 0 Å². The Morgan fingerprint density at radius 2 is 0.476 bits per heavy atom. The summed E-state index contributed by atoms with van der Waals surface area (Å²) >= 11 is 0. The quantitative estimate of drug-likeness (QED) is 0.0613. The van der Waals surface area contributed by atoms with Crippen LogP contribution in [-0.2, 0) is 0 Å². The van der Waals surface area contributed by atoms with E-state index in [-0.39, 0.29) is 0 Å². The van der Waals surface area contributed by atoms with Gasteiger partial charge in [0.1, 0.15) is 0 Å². The average molecular weight is 585 g/mol. The van der Waals surface area contributed by atoms with Gasteiger partial charge >= 0.3 is 0 Å². The van der Waals surface area contributed by atoms with Gasteiger partial charge in [0, 0.05) is 0 Å². The van der Waals surface area contributed by atoms with Crippen LogP contribution >= 0.6 is 0 Å². The summed E-state index contributed by atoms with van der Waals surface area (Å²) in [5.74, 6) is 0. The maximum Gasteiger partial charge on any atom is 0.290 e. The molecule has 0 atom stereocenters. The molecule has 0 aromatic rings. The van der Waals surface area contributed by atoms with Gasteiger partial charge < -0.3 is 14.2 Å². The summed E-state index contributed by atoms with van der Waals surface area (Å²) in [5, 5.41) is 0. The first-order chi connectivity index (χ1) is 20.7. The largest absolute Gasteiger partial charge is 0.357 e. The summed E-state index contributed by atoms with van der Waals surface area (Å²) in [5.41, 5.74) is 0. The Hall–Kier alpha value is 0.0748. The molecule has 6 heteroatoms. The predicted molar refractivity (Wildman–Crippen MR) is 197 cm³/mol. The molecule has 0 aliphatic carbocycles. The van der Waals surface area contributed by atoms with Gasteiger partial charge in [-0.1, -0.05) is 176 Å². The van der Waals surface area contributed by atoms with Crippen LogP contribution < -0.4 is 0 Å². The molecule has 3 nitrogen and oxygen atoms in total. The second-order valence-corrected chi connectivity index (χ2v) is 13.9. The Kier molecular flexibility index (Phi) is 27.2. The zero-order valence-electron chi connectivity index (χ0n) is 30.3. The number of nitrogens with zero attached hydrogens (tertiary/aromatic N) is 3. The smallest absolute Gasteiger partial charge is 0.290 e. The van der Waals surface area contributed by atoms with Gasteiger partial charge in [-0.25, -0.2) is 0 Å². The average Bonchev–Trinajstić information content (AvgIpc) is 3.00. The van der Waals surface area contributed by atoms with Gasteiger partial charge in [0.25, 0.3) is 20.9 Å². The van der Waals surface area contributed by atoms with Crippen molar-refractivity contribution in [3.63, 3.8) is 0 Å². The predicted octanol–water partition coefficient (Wildman–Crippen LogP) is 11.9. The fourth-order valence-electron chi connectivity index (χ4n) is 7.48. The Morgan fingerprint density at radius 1 is 0.262 bits per heavy atom. The second kappa shape index (κ2) is 28.5. The molecule has 0 amide bonds. The van der Waals surface area contributed by atoms with Gasteiger partial charge in [0.15, 0.2) is 0 Å². The van der Waals surface area contributed by atoms with Gasteiger partial charge in [0.2, 0.25) is 0 Å². The van der Waals surface area contributed by atoms with Crippen molar-refractivity contribution in [2.75, 3.05) is 19.6 Å². The van der Waals surface area contributed by atoms with Crippen molar-refractivity contribution in [1.29, 1.82) is 0 Å². The minimum atomic E-state index is 0.657. The van der Waals surface area contributed by atoms with Crippen LogP contribution in [0, 0.1) is 0 Å². The highest BCUT2D eigenvalue weighted by atomic mass is 15.3. The first kappa shape index (κ1) is 40.1. The molecule has 0 N–H and O–H groups in total. The van der Waals surface area contributed by atoms with Crippen molar-refractivity contribution in [3.05, 3.63) is 0 Å². The van der Waals surface area contributed by atoms with Crippen LogP contribution in [-0.4, -0.2) is 54.7 Å². The molecule has 1 heterocycles. The molecule has 0 bridgehead atoms. The molecule has 0 unspecified atom stereocenters. The van der Waals surface area contributed by atoms with Crippen molar-refractivity contribution < 1.29 is 0 Å². The van der Waals surface area contributed by atoms with Crippen molar-refractivity contribution in [3.8, 4) is 0 Å². The zero-order valence-corrected chi connectivity index (χ0v) is 30.3. The van der Waals surface area contributed by atoms with E-state index in [0.717, 1.165) is 0 Å². The molecule has 0 saturated carbocycles. The standard InChI is InChI=1S/C36H78B3N3/c1-7-13-19-25-31-37-40(34-28-22-16-10-4)38(32-26-20-14-8-2)42(36-30-24-18-12-6)39(33-27-21-15-9-3)41(37)35-29-23-17-11-5/h7-36H2,1-6H3. The summed E-state index contributed by atoms with van der Waals surface area (Å²) in [6, 6.07) is 0. The molecule has 0 aromatic heterocycles. The molecular formula is C36H78B3N3. The molecular weight excluding hydrogens is 507 g/mol. The van der Waals surface area contributed by atoms with Crippen LogP contribution in [0.3, 0.4) is 0 Å². The van der Waals surface area contributed by atoms with Crippen molar-refractivity contribution in [2.24, 2.45) is 0 Å². The van der Waals surface area contributed by atoms with Gasteiger partial charge in [-0.15, -0.1) is 0 Å². The highest BCUT2D eigenvalue weighted by Crippen LogP contribution is 2.31. The summed E-state index contributed by atoms with van der Waals surface area (Å²) in [4.78, 5) is 0. The van der Waals surface area contributed by atoms with E-state index in [4.69, 9.17) is 0 Å². The maximum atomic E-state index is 3.11. The number of unbranched alkanes of at least 4 members (excludes halogenated alkanes) is 18. The van der Waals surface area contributed by atoms with Crippen molar-refractivity contribution in [1.82, 2.24) is 14.2 Å². The first-order valence-electron chi connectivity index (χ1n) is 20.0. The molecule has 1 aliphatic rings. The molecule has 42 heavy (non-hydrogen) atoms. The summed E-state index contributed by atoms with van der Waals surface area (Å²) < 4.78 is 9.32. The summed E-state index contributed by atoms with van der Waals surface area (Å²) in [6.45, 7) is 20.1. The lowest BCUT2D eigenvalue weighted by Gasteiger charge is -2.55. The van der Waals surface area contributed by atoms with Crippen LogP contribution in [0.25, 0.3) is 0 Å². The van der Waals surface area contributed by atoms with E-state index in [0.29, 0.717) is 20.9 Å². The van der Waals surface area contributed by atoms with E-state index >= 15 is 0 Å². The fraction of sp³-hybridized carbons (Fsp3) is 1.00. The Balaban J connectivity index is 3.42. The monoisotopic (exact) mass is 586 g/mol. The van der Waals surface area contributed by atoms with E-state index in [2.05, 4.69) is 55.7 Å². The number of rotatable bonds is 30. The Morgan fingerprint density at radius 3 is 0.690 bits per heavy atom. The normalized spacial score (nSPS) is 15.4. The third-order valence-corrected chi connectivity index (χ3v) is 10.1. The van der Waals surface area contributed by atoms with Crippen LogP contribution in [0.15, 0.2) is 0 Å². The van der Waals surface area contributed by atoms with Gasteiger partial charge in [-0.3, -0.25) is 0 Å². The topological polar surface area (TPSA) is 9.72 Å². The SMILES string of the molecule is CCCCCCB1N(CCCCCC)B(CCCCCC)N(CCCCCC)B(CCCCCC)N1CCCCCC. The minimum absolute atomic E-state index is 0.657. The van der Waals surface area contributed by atoms with Crippen molar-refractivity contribution in [2.45, 2.75) is 215 Å². The molecule has 0 aromatic carbocycles. The van der Waals surface area contributed by atoms with E-state index < -0.39 is 0 Å². The molecule has 1 fully saturated rings. The Bertz CT molecular complexity index is 431. The lowest BCUT2D eigenvalue weighted by Crippen LogP contribution is -2.77. The van der Waals surface area contributed by atoms with E-state index in [1.165, 1.54) is 193 Å².